The lowest BCUT2D eigenvalue weighted by molar-refractivity contribution is -0.134. The summed E-state index contributed by atoms with van der Waals surface area (Å²) in [6.07, 6.45) is 6.77. The molecular formula is C40H44BrN9O4. The maximum atomic E-state index is 13.6. The number of carbonyl (C=O) groups excluding carboxylic acids is 3. The molecule has 3 aliphatic heterocycles. The molecule has 13 nitrogen and oxygen atoms in total. The molecule has 2 atom stereocenters. The average Bonchev–Trinajstić information content (AvgIpc) is 3.76. The van der Waals surface area contributed by atoms with Crippen LogP contribution in [0.4, 0.5) is 5.69 Å². The SMILES string of the molecule is Cc1nn(C)cc1-c1nc2ncc(Br)c(Oc3ccc(C(=O)N4CCN(CC5CCN(c6ccc([C@H]7CCC(=O)NC7=O)cc6)CC5)[C@H](C)C4)cc3)c2[nH]1. The van der Waals surface area contributed by atoms with E-state index in [1.54, 1.807) is 10.9 Å². The average molecular weight is 795 g/mol. The van der Waals surface area contributed by atoms with Gasteiger partial charge < -0.3 is 19.5 Å². The lowest BCUT2D eigenvalue weighted by atomic mass is 9.90. The molecule has 3 aliphatic rings. The fourth-order valence-corrected chi connectivity index (χ4v) is 8.40. The first-order valence-corrected chi connectivity index (χ1v) is 19.4. The van der Waals surface area contributed by atoms with Gasteiger partial charge in [-0.3, -0.25) is 29.3 Å². The smallest absolute Gasteiger partial charge is 0.253 e. The molecule has 6 heterocycles. The Labute approximate surface area is 322 Å². The number of rotatable bonds is 8. The molecule has 0 saturated carbocycles. The van der Waals surface area contributed by atoms with E-state index in [0.29, 0.717) is 70.4 Å². The molecule has 0 spiro atoms. The molecular weight excluding hydrogens is 750 g/mol. The van der Waals surface area contributed by atoms with Crippen molar-refractivity contribution in [3.8, 4) is 22.9 Å². The lowest BCUT2D eigenvalue weighted by Crippen LogP contribution is -2.55. The van der Waals surface area contributed by atoms with Crippen LogP contribution in [0.5, 0.6) is 11.5 Å². The van der Waals surface area contributed by atoms with Crippen molar-refractivity contribution in [2.24, 2.45) is 13.0 Å². The third-order valence-corrected chi connectivity index (χ3v) is 11.6. The molecule has 54 heavy (non-hydrogen) atoms. The molecule has 8 rings (SSSR count). The van der Waals surface area contributed by atoms with Gasteiger partial charge in [0, 0.05) is 82.4 Å². The lowest BCUT2D eigenvalue weighted by Gasteiger charge is -2.43. The minimum Gasteiger partial charge on any atom is -0.454 e. The molecule has 5 aromatic rings. The van der Waals surface area contributed by atoms with Crippen LogP contribution in [-0.4, -0.2) is 97.6 Å². The molecule has 2 aromatic carbocycles. The van der Waals surface area contributed by atoms with E-state index in [2.05, 4.69) is 70.2 Å². The standard InChI is InChI=1S/C40H44BrN9O4/c1-24-21-50(19-18-49(24)22-26-14-16-48(17-15-26)29-8-4-27(5-9-29)31-12-13-34(51)43-39(31)52)40(53)28-6-10-30(11-7-28)54-36-33(41)20-42-38-35(36)44-37(45-38)32-23-47(3)46-25(32)2/h4-11,20,23-24,26,31H,12-19,21-22H2,1-3H3,(H,42,44,45)(H,43,51,52)/t24-,31-/m1/s1. The minimum atomic E-state index is -0.256. The number of aromatic nitrogens is 5. The predicted molar refractivity (Wildman–Crippen MR) is 208 cm³/mol. The summed E-state index contributed by atoms with van der Waals surface area (Å²) in [6, 6.07) is 15.9. The maximum Gasteiger partial charge on any atom is 0.253 e. The number of hydrogen-bond acceptors (Lipinski definition) is 9. The zero-order valence-corrected chi connectivity index (χ0v) is 32.3. The second kappa shape index (κ2) is 15.0. The Bertz CT molecular complexity index is 2190. The van der Waals surface area contributed by atoms with Crippen molar-refractivity contribution < 1.29 is 19.1 Å². The van der Waals surface area contributed by atoms with Crippen LogP contribution in [0.2, 0.25) is 0 Å². The molecule has 3 amide bonds. The number of anilines is 1. The Morgan fingerprint density at radius 1 is 1.00 bits per heavy atom. The van der Waals surface area contributed by atoms with Crippen molar-refractivity contribution >= 4 is 50.5 Å². The number of aryl methyl sites for hydroxylation is 2. The van der Waals surface area contributed by atoms with E-state index in [1.165, 1.54) is 5.69 Å². The Morgan fingerprint density at radius 3 is 2.44 bits per heavy atom. The molecule has 0 unspecified atom stereocenters. The largest absolute Gasteiger partial charge is 0.454 e. The number of imide groups is 1. The summed E-state index contributed by atoms with van der Waals surface area (Å²) in [7, 11) is 1.88. The third kappa shape index (κ3) is 7.36. The highest BCUT2D eigenvalue weighted by atomic mass is 79.9. The van der Waals surface area contributed by atoms with E-state index in [1.807, 2.05) is 61.5 Å². The van der Waals surface area contributed by atoms with Crippen LogP contribution in [0.25, 0.3) is 22.6 Å². The Kier molecular flexibility index (Phi) is 9.97. The van der Waals surface area contributed by atoms with E-state index in [0.717, 1.165) is 55.8 Å². The van der Waals surface area contributed by atoms with Gasteiger partial charge in [-0.1, -0.05) is 12.1 Å². The minimum absolute atomic E-state index is 0.0301. The summed E-state index contributed by atoms with van der Waals surface area (Å²) in [5, 5.41) is 6.89. The number of H-pyrrole nitrogens is 1. The third-order valence-electron chi connectivity index (χ3n) is 11.1. The summed E-state index contributed by atoms with van der Waals surface area (Å²) >= 11 is 3.58. The number of imidazole rings is 1. The highest BCUT2D eigenvalue weighted by molar-refractivity contribution is 9.10. The normalized spacial score (nSPS) is 20.1. The zero-order valence-electron chi connectivity index (χ0n) is 30.7. The fraction of sp³-hybridized carbons (Fsp3) is 0.400. The van der Waals surface area contributed by atoms with Gasteiger partial charge in [-0.25, -0.2) is 9.97 Å². The van der Waals surface area contributed by atoms with Crippen LogP contribution in [0.15, 0.2) is 65.4 Å². The highest BCUT2D eigenvalue weighted by Crippen LogP contribution is 2.37. The molecule has 3 saturated heterocycles. The molecule has 0 radical (unpaired) electrons. The highest BCUT2D eigenvalue weighted by Gasteiger charge is 2.31. The number of piperazine rings is 1. The summed E-state index contributed by atoms with van der Waals surface area (Å²) in [4.78, 5) is 56.9. The molecule has 3 aromatic heterocycles. The van der Waals surface area contributed by atoms with Gasteiger partial charge in [0.1, 0.15) is 17.1 Å². The van der Waals surface area contributed by atoms with E-state index in [4.69, 9.17) is 4.74 Å². The summed E-state index contributed by atoms with van der Waals surface area (Å²) in [5.41, 5.74) is 5.73. The number of carbonyl (C=O) groups is 3. The van der Waals surface area contributed by atoms with Gasteiger partial charge in [0.15, 0.2) is 11.4 Å². The number of fused-ring (bicyclic) bond motifs is 1. The number of aromatic amines is 1. The molecule has 280 valence electrons. The van der Waals surface area contributed by atoms with Crippen molar-refractivity contribution in [2.45, 2.75) is 51.5 Å². The van der Waals surface area contributed by atoms with Gasteiger partial charge in [-0.2, -0.15) is 5.10 Å². The summed E-state index contributed by atoms with van der Waals surface area (Å²) in [6.45, 7) is 9.42. The monoisotopic (exact) mass is 793 g/mol. The zero-order chi connectivity index (χ0) is 37.5. The number of halogens is 1. The second-order valence-electron chi connectivity index (χ2n) is 14.8. The molecule has 0 bridgehead atoms. The number of pyridine rings is 1. The summed E-state index contributed by atoms with van der Waals surface area (Å²) < 4.78 is 8.76. The number of hydrogen-bond donors (Lipinski definition) is 2. The van der Waals surface area contributed by atoms with Crippen LogP contribution in [0, 0.1) is 12.8 Å². The molecule has 14 heteroatoms. The Morgan fingerprint density at radius 2 is 1.76 bits per heavy atom. The van der Waals surface area contributed by atoms with E-state index in [-0.39, 0.29) is 29.7 Å². The van der Waals surface area contributed by atoms with Crippen molar-refractivity contribution in [3.63, 3.8) is 0 Å². The van der Waals surface area contributed by atoms with E-state index >= 15 is 0 Å². The van der Waals surface area contributed by atoms with Crippen molar-refractivity contribution in [1.82, 2.24) is 39.8 Å². The molecule has 3 fully saturated rings. The van der Waals surface area contributed by atoms with E-state index < -0.39 is 0 Å². The van der Waals surface area contributed by atoms with E-state index in [9.17, 15) is 14.4 Å². The van der Waals surface area contributed by atoms with Crippen LogP contribution in [-0.2, 0) is 16.6 Å². The topological polar surface area (TPSA) is 142 Å². The number of nitrogens with one attached hydrogen (secondary N) is 2. The number of ether oxygens (including phenoxy) is 1. The summed E-state index contributed by atoms with van der Waals surface area (Å²) in [5.74, 6) is 1.83. The second-order valence-corrected chi connectivity index (χ2v) is 15.6. The van der Waals surface area contributed by atoms with Gasteiger partial charge in [0.25, 0.3) is 5.91 Å². The number of nitrogens with zero attached hydrogens (tertiary/aromatic N) is 7. The van der Waals surface area contributed by atoms with Gasteiger partial charge in [-0.15, -0.1) is 0 Å². The van der Waals surface area contributed by atoms with Crippen LogP contribution in [0.3, 0.4) is 0 Å². The van der Waals surface area contributed by atoms with Gasteiger partial charge >= 0.3 is 0 Å². The van der Waals surface area contributed by atoms with Crippen LogP contribution < -0.4 is 15.0 Å². The fourth-order valence-electron chi connectivity index (χ4n) is 8.02. The first-order chi connectivity index (χ1) is 26.1. The first-order valence-electron chi connectivity index (χ1n) is 18.6. The number of piperidine rings is 2. The van der Waals surface area contributed by atoms with Crippen LogP contribution >= 0.6 is 15.9 Å². The molecule has 0 aliphatic carbocycles. The van der Waals surface area contributed by atoms with Gasteiger partial charge in [0.05, 0.1) is 21.6 Å². The van der Waals surface area contributed by atoms with Gasteiger partial charge in [-0.05, 0) is 96.9 Å². The Hall–Kier alpha value is -5.08. The van der Waals surface area contributed by atoms with Crippen molar-refractivity contribution in [2.75, 3.05) is 44.2 Å². The number of benzene rings is 2. The quantitative estimate of drug-likeness (QED) is 0.187. The van der Waals surface area contributed by atoms with Crippen LogP contribution in [0.1, 0.15) is 60.1 Å². The predicted octanol–water partition coefficient (Wildman–Crippen LogP) is 5.80. The first kappa shape index (κ1) is 35.9. The Balaban J connectivity index is 0.829. The maximum absolute atomic E-state index is 13.6. The van der Waals surface area contributed by atoms with Crippen molar-refractivity contribution in [3.05, 3.63) is 82.2 Å². The van der Waals surface area contributed by atoms with Crippen molar-refractivity contribution in [1.29, 1.82) is 0 Å². The molecule has 2 N–H and O–H groups in total. The van der Waals surface area contributed by atoms with Gasteiger partial charge in [0.2, 0.25) is 11.8 Å². The number of amides is 3.